The molecule has 1 heterocycles. The minimum absolute atomic E-state index is 0.167. The van der Waals surface area contributed by atoms with Gasteiger partial charge in [-0.2, -0.15) is 0 Å². The zero-order valence-corrected chi connectivity index (χ0v) is 4.63. The summed E-state index contributed by atoms with van der Waals surface area (Å²) in [5, 5.41) is 8.82. The van der Waals surface area contributed by atoms with Gasteiger partial charge in [0.25, 0.3) is 0 Å². The minimum atomic E-state index is -0.581. The van der Waals surface area contributed by atoms with Crippen molar-refractivity contribution < 1.29 is 14.6 Å². The van der Waals surface area contributed by atoms with Crippen molar-refractivity contribution in [2.24, 2.45) is 5.92 Å². The fourth-order valence-electron chi connectivity index (χ4n) is 0.600. The lowest BCUT2D eigenvalue weighted by Gasteiger charge is -1.97. The highest BCUT2D eigenvalue weighted by molar-refractivity contribution is 5.74. The average Bonchev–Trinajstić information content (AvgIpc) is 1.98. The van der Waals surface area contributed by atoms with Crippen LogP contribution in [0.15, 0.2) is 0 Å². The van der Waals surface area contributed by atoms with Crippen LogP contribution < -0.4 is 0 Å². The molecule has 3 nitrogen and oxygen atoms in total. The molecule has 46 valence electrons. The van der Waals surface area contributed by atoms with Crippen LogP contribution in [0.5, 0.6) is 0 Å². The summed E-state index contributed by atoms with van der Waals surface area (Å²) < 4.78 is 4.49. The quantitative estimate of drug-likeness (QED) is 0.435. The lowest BCUT2D eigenvalue weighted by Crippen LogP contribution is -2.16. The van der Waals surface area contributed by atoms with Crippen LogP contribution in [-0.2, 0) is 9.53 Å². The van der Waals surface area contributed by atoms with Crippen molar-refractivity contribution in [3.8, 4) is 0 Å². The number of aliphatic hydroxyl groups is 1. The molecule has 0 bridgehead atoms. The summed E-state index contributed by atoms with van der Waals surface area (Å²) in [6, 6.07) is 0. The number of esters is 1. The molecule has 1 rings (SSSR count). The molecule has 1 N–H and O–H groups in total. The van der Waals surface area contributed by atoms with Crippen molar-refractivity contribution in [1.29, 1.82) is 0 Å². The summed E-state index contributed by atoms with van der Waals surface area (Å²) in [6.07, 6.45) is -0.581. The average molecular weight is 116 g/mol. The van der Waals surface area contributed by atoms with Gasteiger partial charge >= 0.3 is 5.97 Å². The predicted molar refractivity (Wildman–Crippen MR) is 26.1 cm³/mol. The SMILES string of the molecule is C[C@H]1C(=O)OC[C@H]1O. The van der Waals surface area contributed by atoms with E-state index in [1.807, 2.05) is 0 Å². The Kier molecular flexibility index (Phi) is 1.21. The fraction of sp³-hybridized carbons (Fsp3) is 0.800. The van der Waals surface area contributed by atoms with Crippen LogP contribution in [0.1, 0.15) is 6.92 Å². The summed E-state index contributed by atoms with van der Waals surface area (Å²) in [5.41, 5.74) is 0. The predicted octanol–water partition coefficient (Wildman–Crippen LogP) is -0.460. The lowest BCUT2D eigenvalue weighted by molar-refractivity contribution is -0.140. The van der Waals surface area contributed by atoms with E-state index in [1.165, 1.54) is 0 Å². The molecule has 1 fully saturated rings. The van der Waals surface area contributed by atoms with E-state index >= 15 is 0 Å². The third kappa shape index (κ3) is 0.690. The van der Waals surface area contributed by atoms with Crippen LogP contribution in [0.25, 0.3) is 0 Å². The van der Waals surface area contributed by atoms with Crippen molar-refractivity contribution in [3.05, 3.63) is 0 Å². The molecule has 0 unspecified atom stereocenters. The Morgan fingerprint density at radius 3 is 2.62 bits per heavy atom. The van der Waals surface area contributed by atoms with E-state index < -0.39 is 6.10 Å². The summed E-state index contributed by atoms with van der Waals surface area (Å²) in [7, 11) is 0. The van der Waals surface area contributed by atoms with Crippen LogP contribution in [0.3, 0.4) is 0 Å². The zero-order valence-electron chi connectivity index (χ0n) is 4.63. The van der Waals surface area contributed by atoms with Gasteiger partial charge < -0.3 is 9.84 Å². The first kappa shape index (κ1) is 5.56. The van der Waals surface area contributed by atoms with Gasteiger partial charge in [0.05, 0.1) is 5.92 Å². The topological polar surface area (TPSA) is 46.5 Å². The van der Waals surface area contributed by atoms with Crippen LogP contribution in [0, 0.1) is 5.92 Å². The molecule has 2 atom stereocenters. The summed E-state index contributed by atoms with van der Waals surface area (Å²) in [6.45, 7) is 1.82. The summed E-state index contributed by atoms with van der Waals surface area (Å²) >= 11 is 0. The number of rotatable bonds is 0. The number of hydrogen-bond acceptors (Lipinski definition) is 3. The number of hydrogen-bond donors (Lipinski definition) is 1. The second-order valence-electron chi connectivity index (χ2n) is 1.99. The summed E-state index contributed by atoms with van der Waals surface area (Å²) in [5.74, 6) is -0.618. The number of ether oxygens (including phenoxy) is 1. The van der Waals surface area contributed by atoms with Crippen LogP contribution in [0.2, 0.25) is 0 Å². The molecule has 8 heavy (non-hydrogen) atoms. The third-order valence-electron chi connectivity index (χ3n) is 1.35. The van der Waals surface area contributed by atoms with Crippen molar-refractivity contribution in [2.75, 3.05) is 6.61 Å². The Morgan fingerprint density at radius 2 is 2.50 bits per heavy atom. The molecule has 0 radical (unpaired) electrons. The molecule has 1 aliphatic rings. The zero-order chi connectivity index (χ0) is 6.15. The minimum Gasteiger partial charge on any atom is -0.463 e. The van der Waals surface area contributed by atoms with Gasteiger partial charge in [0.15, 0.2) is 0 Å². The van der Waals surface area contributed by atoms with E-state index in [0.717, 1.165) is 0 Å². The second kappa shape index (κ2) is 1.74. The van der Waals surface area contributed by atoms with E-state index in [9.17, 15) is 4.79 Å². The first-order chi connectivity index (χ1) is 3.72. The Morgan fingerprint density at radius 1 is 1.88 bits per heavy atom. The van der Waals surface area contributed by atoms with Gasteiger partial charge in [-0.1, -0.05) is 0 Å². The largest absolute Gasteiger partial charge is 0.463 e. The maximum Gasteiger partial charge on any atom is 0.311 e. The van der Waals surface area contributed by atoms with E-state index in [2.05, 4.69) is 4.74 Å². The molecule has 0 aromatic carbocycles. The smallest absolute Gasteiger partial charge is 0.311 e. The van der Waals surface area contributed by atoms with Gasteiger partial charge in [0.1, 0.15) is 12.7 Å². The molecule has 3 heteroatoms. The monoisotopic (exact) mass is 116 g/mol. The van der Waals surface area contributed by atoms with Crippen molar-refractivity contribution in [1.82, 2.24) is 0 Å². The van der Waals surface area contributed by atoms with Gasteiger partial charge in [-0.3, -0.25) is 4.79 Å². The lowest BCUT2D eigenvalue weighted by atomic mass is 10.1. The Hall–Kier alpha value is -0.570. The van der Waals surface area contributed by atoms with Crippen LogP contribution in [0.4, 0.5) is 0 Å². The number of cyclic esters (lactones) is 1. The highest BCUT2D eigenvalue weighted by Crippen LogP contribution is 2.12. The molecule has 0 aromatic heterocycles. The standard InChI is InChI=1S/C5H8O3/c1-3-4(6)2-8-5(3)7/h3-4,6H,2H2,1H3/t3-,4-/m1/s1. The molecule has 0 saturated carbocycles. The number of aliphatic hydroxyl groups excluding tert-OH is 1. The van der Waals surface area contributed by atoms with Crippen molar-refractivity contribution in [2.45, 2.75) is 13.0 Å². The molecule has 0 aromatic rings. The normalized spacial score (nSPS) is 37.5. The van der Waals surface area contributed by atoms with Gasteiger partial charge in [0.2, 0.25) is 0 Å². The number of carbonyl (C=O) groups excluding carboxylic acids is 1. The van der Waals surface area contributed by atoms with Crippen molar-refractivity contribution >= 4 is 5.97 Å². The van der Waals surface area contributed by atoms with E-state index in [-0.39, 0.29) is 18.5 Å². The fourth-order valence-corrected chi connectivity index (χ4v) is 0.600. The highest BCUT2D eigenvalue weighted by Gasteiger charge is 2.30. The van der Waals surface area contributed by atoms with E-state index in [0.29, 0.717) is 0 Å². The first-order valence-electron chi connectivity index (χ1n) is 2.56. The van der Waals surface area contributed by atoms with Crippen LogP contribution in [-0.4, -0.2) is 23.8 Å². The molecule has 1 saturated heterocycles. The van der Waals surface area contributed by atoms with Gasteiger partial charge in [-0.05, 0) is 6.92 Å². The molecular formula is C5H8O3. The molecule has 0 aliphatic carbocycles. The molecule has 0 spiro atoms. The Bertz CT molecular complexity index is 110. The van der Waals surface area contributed by atoms with Gasteiger partial charge in [-0.25, -0.2) is 0 Å². The first-order valence-corrected chi connectivity index (χ1v) is 2.56. The van der Waals surface area contributed by atoms with E-state index in [1.54, 1.807) is 6.92 Å². The molecule has 1 aliphatic heterocycles. The maximum absolute atomic E-state index is 10.4. The summed E-state index contributed by atoms with van der Waals surface area (Å²) in [4.78, 5) is 10.4. The maximum atomic E-state index is 10.4. The molecular weight excluding hydrogens is 108 g/mol. The van der Waals surface area contributed by atoms with E-state index in [4.69, 9.17) is 5.11 Å². The number of carbonyl (C=O) groups is 1. The van der Waals surface area contributed by atoms with Crippen LogP contribution >= 0.6 is 0 Å². The second-order valence-corrected chi connectivity index (χ2v) is 1.99. The highest BCUT2D eigenvalue weighted by atomic mass is 16.6. The van der Waals surface area contributed by atoms with Gasteiger partial charge in [0, 0.05) is 0 Å². The molecule has 0 amide bonds. The van der Waals surface area contributed by atoms with Gasteiger partial charge in [-0.15, -0.1) is 0 Å². The Balaban J connectivity index is 2.56. The third-order valence-corrected chi connectivity index (χ3v) is 1.35. The Labute approximate surface area is 47.3 Å². The van der Waals surface area contributed by atoms with Crippen molar-refractivity contribution in [3.63, 3.8) is 0 Å².